The summed E-state index contributed by atoms with van der Waals surface area (Å²) in [4.78, 5) is 9.87. The molecule has 0 unspecified atom stereocenters. The summed E-state index contributed by atoms with van der Waals surface area (Å²) < 4.78 is 0. The summed E-state index contributed by atoms with van der Waals surface area (Å²) in [5.41, 5.74) is 0.847. The smallest absolute Gasteiger partial charge is 0.138 e. The van der Waals surface area contributed by atoms with Gasteiger partial charge in [-0.15, -0.1) is 0 Å². The van der Waals surface area contributed by atoms with Crippen LogP contribution in [0.1, 0.15) is 12.5 Å². The van der Waals surface area contributed by atoms with Crippen LogP contribution in [0.2, 0.25) is 0 Å². The fourth-order valence-electron chi connectivity index (χ4n) is 1.48. The lowest BCUT2D eigenvalue weighted by atomic mass is 10.3. The molecule has 0 amide bonds. The Kier molecular flexibility index (Phi) is 4.71. The molecule has 0 saturated carbocycles. The molecule has 1 rings (SSSR count). The molecular formula is C11H14N6. The van der Waals surface area contributed by atoms with Crippen molar-refractivity contribution in [2.75, 3.05) is 29.9 Å². The molecule has 1 aromatic rings. The lowest BCUT2D eigenvalue weighted by molar-refractivity contribution is 0.913. The summed E-state index contributed by atoms with van der Waals surface area (Å²) >= 11 is 0. The highest BCUT2D eigenvalue weighted by Crippen LogP contribution is 2.21. The third-order valence-electron chi connectivity index (χ3n) is 2.22. The van der Waals surface area contributed by atoms with Crippen LogP contribution in [-0.2, 0) is 0 Å². The van der Waals surface area contributed by atoms with Crippen molar-refractivity contribution in [1.29, 1.82) is 10.5 Å². The number of nitrogens with zero attached hydrogens (tertiary/aromatic N) is 5. The highest BCUT2D eigenvalue weighted by atomic mass is 15.2. The Balaban J connectivity index is 3.07. The molecule has 0 spiro atoms. The largest absolute Gasteiger partial charge is 0.370 e. The van der Waals surface area contributed by atoms with Gasteiger partial charge in [-0.05, 0) is 13.8 Å². The lowest BCUT2D eigenvalue weighted by Crippen LogP contribution is -2.26. The van der Waals surface area contributed by atoms with E-state index in [1.165, 1.54) is 6.33 Å². The van der Waals surface area contributed by atoms with E-state index in [4.69, 9.17) is 10.5 Å². The van der Waals surface area contributed by atoms with Crippen LogP contribution >= 0.6 is 0 Å². The number of nitrogens with one attached hydrogen (secondary N) is 1. The summed E-state index contributed by atoms with van der Waals surface area (Å²) in [6, 6.07) is 4.05. The van der Waals surface area contributed by atoms with Crippen LogP contribution in [0, 0.1) is 29.6 Å². The first kappa shape index (κ1) is 12.7. The molecule has 6 heteroatoms. The van der Waals surface area contributed by atoms with Crippen LogP contribution in [0.4, 0.5) is 11.6 Å². The van der Waals surface area contributed by atoms with Crippen molar-refractivity contribution in [3.63, 3.8) is 0 Å². The third-order valence-corrected chi connectivity index (χ3v) is 2.22. The second-order valence-electron chi connectivity index (χ2n) is 3.37. The van der Waals surface area contributed by atoms with Gasteiger partial charge in [0.05, 0.1) is 12.1 Å². The van der Waals surface area contributed by atoms with Gasteiger partial charge in [0.15, 0.2) is 0 Å². The van der Waals surface area contributed by atoms with E-state index in [-0.39, 0.29) is 13.1 Å². The average Bonchev–Trinajstić information content (AvgIpc) is 2.32. The first-order valence-corrected chi connectivity index (χ1v) is 5.28. The highest BCUT2D eigenvalue weighted by Gasteiger charge is 2.13. The van der Waals surface area contributed by atoms with Gasteiger partial charge >= 0.3 is 0 Å². The van der Waals surface area contributed by atoms with E-state index in [0.717, 1.165) is 17.9 Å². The number of nitriles is 2. The molecule has 17 heavy (non-hydrogen) atoms. The molecule has 0 aliphatic carbocycles. The van der Waals surface area contributed by atoms with Gasteiger partial charge in [-0.25, -0.2) is 9.97 Å². The van der Waals surface area contributed by atoms with Gasteiger partial charge in [0.2, 0.25) is 0 Å². The van der Waals surface area contributed by atoms with Gasteiger partial charge < -0.3 is 10.2 Å². The van der Waals surface area contributed by atoms with Crippen LogP contribution < -0.4 is 10.2 Å². The zero-order valence-corrected chi connectivity index (χ0v) is 9.93. The van der Waals surface area contributed by atoms with E-state index in [0.29, 0.717) is 5.82 Å². The number of anilines is 2. The first-order valence-electron chi connectivity index (χ1n) is 5.28. The van der Waals surface area contributed by atoms with E-state index in [1.807, 2.05) is 26.0 Å². The van der Waals surface area contributed by atoms with Gasteiger partial charge in [-0.2, -0.15) is 10.5 Å². The van der Waals surface area contributed by atoms with Crippen molar-refractivity contribution in [2.24, 2.45) is 0 Å². The number of rotatable bonds is 5. The van der Waals surface area contributed by atoms with Gasteiger partial charge in [-0.1, -0.05) is 0 Å². The summed E-state index contributed by atoms with van der Waals surface area (Å²) in [6.45, 7) is 4.88. The lowest BCUT2D eigenvalue weighted by Gasteiger charge is -2.20. The Labute approximate surface area is 101 Å². The van der Waals surface area contributed by atoms with Crippen LogP contribution in [0.25, 0.3) is 0 Å². The van der Waals surface area contributed by atoms with Crippen LogP contribution in [0.15, 0.2) is 6.33 Å². The van der Waals surface area contributed by atoms with Crippen molar-refractivity contribution in [3.05, 3.63) is 11.9 Å². The minimum absolute atomic E-state index is 0.136. The Bertz CT molecular complexity index is 440. The molecular weight excluding hydrogens is 216 g/mol. The van der Waals surface area contributed by atoms with Crippen molar-refractivity contribution in [2.45, 2.75) is 13.8 Å². The molecule has 0 fully saturated rings. The third kappa shape index (κ3) is 3.05. The van der Waals surface area contributed by atoms with Crippen LogP contribution in [-0.4, -0.2) is 29.6 Å². The monoisotopic (exact) mass is 230 g/mol. The predicted octanol–water partition coefficient (Wildman–Crippen LogP) is 1.07. The molecule has 1 heterocycles. The fourth-order valence-corrected chi connectivity index (χ4v) is 1.48. The van der Waals surface area contributed by atoms with Gasteiger partial charge in [0, 0.05) is 12.1 Å². The Morgan fingerprint density at radius 3 is 2.47 bits per heavy atom. The fraction of sp³-hybridized carbons (Fsp3) is 0.455. The normalized spacial score (nSPS) is 9.18. The molecule has 0 aromatic carbocycles. The number of aromatic nitrogens is 2. The first-order chi connectivity index (χ1) is 8.24. The maximum atomic E-state index is 8.73. The molecule has 0 aliphatic heterocycles. The zero-order chi connectivity index (χ0) is 12.7. The summed E-state index contributed by atoms with van der Waals surface area (Å²) in [5.74, 6) is 1.36. The predicted molar refractivity (Wildman–Crippen MR) is 64.4 cm³/mol. The van der Waals surface area contributed by atoms with Crippen molar-refractivity contribution in [3.8, 4) is 12.1 Å². The molecule has 1 N–H and O–H groups in total. The van der Waals surface area contributed by atoms with E-state index < -0.39 is 0 Å². The Morgan fingerprint density at radius 1 is 1.29 bits per heavy atom. The molecule has 1 aromatic heterocycles. The van der Waals surface area contributed by atoms with Gasteiger partial charge in [-0.3, -0.25) is 0 Å². The van der Waals surface area contributed by atoms with Gasteiger partial charge in [0.1, 0.15) is 31.1 Å². The van der Waals surface area contributed by atoms with Crippen molar-refractivity contribution in [1.82, 2.24) is 9.97 Å². The average molecular weight is 230 g/mol. The maximum Gasteiger partial charge on any atom is 0.138 e. The number of hydrogen-bond donors (Lipinski definition) is 1. The van der Waals surface area contributed by atoms with E-state index in [2.05, 4.69) is 15.3 Å². The summed E-state index contributed by atoms with van der Waals surface area (Å²) in [5, 5.41) is 20.6. The van der Waals surface area contributed by atoms with Crippen molar-refractivity contribution < 1.29 is 0 Å². The van der Waals surface area contributed by atoms with Gasteiger partial charge in [0.25, 0.3) is 0 Å². The standard InChI is InChI=1S/C11H14N6/c1-3-14-10-9(2)11(16-8-15-10)17(6-4-12)7-5-13/h8H,3,6-7H2,1-2H3,(H,14,15,16). The Morgan fingerprint density at radius 2 is 1.94 bits per heavy atom. The van der Waals surface area contributed by atoms with E-state index >= 15 is 0 Å². The minimum Gasteiger partial charge on any atom is -0.370 e. The molecule has 88 valence electrons. The second-order valence-corrected chi connectivity index (χ2v) is 3.37. The molecule has 0 saturated heterocycles. The molecule has 6 nitrogen and oxygen atoms in total. The Hall–Kier alpha value is -2.34. The summed E-state index contributed by atoms with van der Waals surface area (Å²) in [6.07, 6.45) is 1.43. The summed E-state index contributed by atoms with van der Waals surface area (Å²) in [7, 11) is 0. The number of hydrogen-bond acceptors (Lipinski definition) is 6. The SMILES string of the molecule is CCNc1ncnc(N(CC#N)CC#N)c1C. The molecule has 0 aliphatic rings. The molecule has 0 radical (unpaired) electrons. The molecule has 0 bridgehead atoms. The topological polar surface area (TPSA) is 88.6 Å². The molecule has 0 atom stereocenters. The quantitative estimate of drug-likeness (QED) is 0.761. The zero-order valence-electron chi connectivity index (χ0n) is 9.93. The van der Waals surface area contributed by atoms with Crippen LogP contribution in [0.5, 0.6) is 0 Å². The van der Waals surface area contributed by atoms with E-state index in [1.54, 1.807) is 4.90 Å². The minimum atomic E-state index is 0.136. The van der Waals surface area contributed by atoms with E-state index in [9.17, 15) is 0 Å². The maximum absolute atomic E-state index is 8.73. The van der Waals surface area contributed by atoms with Crippen LogP contribution in [0.3, 0.4) is 0 Å². The van der Waals surface area contributed by atoms with Crippen molar-refractivity contribution >= 4 is 11.6 Å². The highest BCUT2D eigenvalue weighted by molar-refractivity contribution is 5.58. The second kappa shape index (κ2) is 6.29.